The van der Waals surface area contributed by atoms with Gasteiger partial charge in [0.05, 0.1) is 6.42 Å². The van der Waals surface area contributed by atoms with Gasteiger partial charge in [-0.2, -0.15) is 0 Å². The highest BCUT2D eigenvalue weighted by Crippen LogP contribution is 2.19. The first-order chi connectivity index (χ1) is 6.74. The quantitative estimate of drug-likeness (QED) is 0.687. The molecule has 1 fully saturated rings. The predicted molar refractivity (Wildman–Crippen MR) is 53.2 cm³/mol. The Hall–Kier alpha value is -0.610. The monoisotopic (exact) mass is 201 g/mol. The molecule has 1 saturated heterocycles. The minimum absolute atomic E-state index is 0.188. The molecule has 4 heteroatoms. The molecule has 1 heterocycles. The number of aliphatic hydroxyl groups is 1. The van der Waals surface area contributed by atoms with Gasteiger partial charge in [0.2, 0.25) is 0 Å². The van der Waals surface area contributed by atoms with Crippen LogP contribution < -0.4 is 0 Å². The molecular weight excluding hydrogens is 182 g/mol. The fourth-order valence-corrected chi connectivity index (χ4v) is 2.06. The van der Waals surface area contributed by atoms with Gasteiger partial charge in [0, 0.05) is 19.2 Å². The van der Waals surface area contributed by atoms with Crippen molar-refractivity contribution in [1.82, 2.24) is 4.90 Å². The summed E-state index contributed by atoms with van der Waals surface area (Å²) in [5.74, 6) is -0.717. The predicted octanol–water partition coefficient (Wildman–Crippen LogP) is 0.698. The Morgan fingerprint density at radius 3 is 2.86 bits per heavy atom. The standard InChI is InChI=1S/C10H19NO3/c12-7-3-6-11-5-2-1-4-9(11)8-10(13)14/h9,12H,1-8H2,(H,13,14). The number of piperidine rings is 1. The van der Waals surface area contributed by atoms with Crippen molar-refractivity contribution in [2.45, 2.75) is 38.1 Å². The van der Waals surface area contributed by atoms with E-state index in [9.17, 15) is 4.79 Å². The largest absolute Gasteiger partial charge is 0.481 e. The van der Waals surface area contributed by atoms with Gasteiger partial charge in [-0.25, -0.2) is 0 Å². The SMILES string of the molecule is O=C(O)CC1CCCCN1CCCO. The third-order valence-corrected chi connectivity index (χ3v) is 2.76. The second kappa shape index (κ2) is 5.98. The lowest BCUT2D eigenvalue weighted by Gasteiger charge is -2.34. The van der Waals surface area contributed by atoms with Crippen molar-refractivity contribution in [3.05, 3.63) is 0 Å². The molecule has 1 unspecified atom stereocenters. The van der Waals surface area contributed by atoms with Gasteiger partial charge >= 0.3 is 5.97 Å². The maximum atomic E-state index is 10.6. The van der Waals surface area contributed by atoms with Gasteiger partial charge < -0.3 is 10.2 Å². The molecule has 1 aliphatic rings. The van der Waals surface area contributed by atoms with Crippen LogP contribution in [-0.4, -0.2) is 46.8 Å². The normalized spacial score (nSPS) is 23.6. The molecular formula is C10H19NO3. The number of carboxylic acids is 1. The van der Waals surface area contributed by atoms with Gasteiger partial charge in [0.15, 0.2) is 0 Å². The van der Waals surface area contributed by atoms with Crippen molar-refractivity contribution < 1.29 is 15.0 Å². The van der Waals surface area contributed by atoms with Crippen molar-refractivity contribution in [2.24, 2.45) is 0 Å². The maximum absolute atomic E-state index is 10.6. The Morgan fingerprint density at radius 1 is 1.43 bits per heavy atom. The van der Waals surface area contributed by atoms with Crippen LogP contribution in [-0.2, 0) is 4.79 Å². The highest BCUT2D eigenvalue weighted by atomic mass is 16.4. The minimum Gasteiger partial charge on any atom is -0.481 e. The third kappa shape index (κ3) is 3.64. The number of hydrogen-bond acceptors (Lipinski definition) is 3. The van der Waals surface area contributed by atoms with Gasteiger partial charge in [-0.1, -0.05) is 6.42 Å². The first kappa shape index (κ1) is 11.5. The molecule has 0 saturated carbocycles. The van der Waals surface area contributed by atoms with Crippen LogP contribution in [0.2, 0.25) is 0 Å². The second-order valence-corrected chi connectivity index (χ2v) is 3.86. The molecule has 1 rings (SSSR count). The zero-order chi connectivity index (χ0) is 10.4. The number of rotatable bonds is 5. The van der Waals surface area contributed by atoms with Crippen molar-refractivity contribution in [3.8, 4) is 0 Å². The molecule has 4 nitrogen and oxygen atoms in total. The molecule has 1 atom stereocenters. The summed E-state index contributed by atoms with van der Waals surface area (Å²) >= 11 is 0. The van der Waals surface area contributed by atoms with Crippen LogP contribution in [0.4, 0.5) is 0 Å². The average Bonchev–Trinajstić information content (AvgIpc) is 2.16. The number of carbonyl (C=O) groups is 1. The van der Waals surface area contributed by atoms with E-state index in [-0.39, 0.29) is 19.1 Å². The molecule has 2 N–H and O–H groups in total. The van der Waals surface area contributed by atoms with Gasteiger partial charge in [-0.15, -0.1) is 0 Å². The highest BCUT2D eigenvalue weighted by Gasteiger charge is 2.23. The van der Waals surface area contributed by atoms with Crippen LogP contribution in [0.25, 0.3) is 0 Å². The molecule has 1 aliphatic heterocycles. The van der Waals surface area contributed by atoms with Crippen molar-refractivity contribution >= 4 is 5.97 Å². The van der Waals surface area contributed by atoms with E-state index in [1.54, 1.807) is 0 Å². The first-order valence-corrected chi connectivity index (χ1v) is 5.30. The Bertz CT molecular complexity index is 184. The Morgan fingerprint density at radius 2 is 2.21 bits per heavy atom. The van der Waals surface area contributed by atoms with E-state index in [4.69, 9.17) is 10.2 Å². The molecule has 0 radical (unpaired) electrons. The summed E-state index contributed by atoms with van der Waals surface area (Å²) in [5.41, 5.74) is 0. The first-order valence-electron chi connectivity index (χ1n) is 5.30. The number of aliphatic carboxylic acids is 1. The third-order valence-electron chi connectivity index (χ3n) is 2.76. The maximum Gasteiger partial charge on any atom is 0.304 e. The second-order valence-electron chi connectivity index (χ2n) is 3.86. The van der Waals surface area contributed by atoms with E-state index >= 15 is 0 Å². The van der Waals surface area contributed by atoms with Gasteiger partial charge in [0.1, 0.15) is 0 Å². The lowest BCUT2D eigenvalue weighted by Crippen LogP contribution is -2.41. The molecule has 14 heavy (non-hydrogen) atoms. The van der Waals surface area contributed by atoms with E-state index in [0.717, 1.165) is 38.8 Å². The molecule has 0 spiro atoms. The lowest BCUT2D eigenvalue weighted by molar-refractivity contribution is -0.138. The molecule has 82 valence electrons. The average molecular weight is 201 g/mol. The van der Waals surface area contributed by atoms with E-state index in [2.05, 4.69) is 4.90 Å². The summed E-state index contributed by atoms with van der Waals surface area (Å²) in [7, 11) is 0. The van der Waals surface area contributed by atoms with Crippen molar-refractivity contribution in [2.75, 3.05) is 19.7 Å². The molecule has 0 bridgehead atoms. The Balaban J connectivity index is 2.37. The number of hydrogen-bond donors (Lipinski definition) is 2. The van der Waals surface area contributed by atoms with Crippen LogP contribution in [0.3, 0.4) is 0 Å². The van der Waals surface area contributed by atoms with Gasteiger partial charge in [0.25, 0.3) is 0 Å². The highest BCUT2D eigenvalue weighted by molar-refractivity contribution is 5.67. The van der Waals surface area contributed by atoms with Crippen LogP contribution in [0.1, 0.15) is 32.1 Å². The number of aliphatic hydroxyl groups excluding tert-OH is 1. The summed E-state index contributed by atoms with van der Waals surface area (Å²) in [6, 6.07) is 0.188. The molecule has 0 aromatic rings. The molecule has 0 aromatic heterocycles. The Kier molecular flexibility index (Phi) is 4.90. The topological polar surface area (TPSA) is 60.8 Å². The summed E-state index contributed by atoms with van der Waals surface area (Å²) in [6.07, 6.45) is 4.26. The Labute approximate surface area is 84.5 Å². The molecule has 0 aliphatic carbocycles. The van der Waals surface area contributed by atoms with E-state index in [1.165, 1.54) is 0 Å². The summed E-state index contributed by atoms with van der Waals surface area (Å²) in [4.78, 5) is 12.8. The van der Waals surface area contributed by atoms with Crippen LogP contribution in [0.5, 0.6) is 0 Å². The smallest absolute Gasteiger partial charge is 0.304 e. The zero-order valence-electron chi connectivity index (χ0n) is 8.48. The summed E-state index contributed by atoms with van der Waals surface area (Å²) in [6.45, 7) is 2.00. The molecule has 0 aromatic carbocycles. The van der Waals surface area contributed by atoms with E-state index in [0.29, 0.717) is 0 Å². The lowest BCUT2D eigenvalue weighted by atomic mass is 9.99. The number of nitrogens with zero attached hydrogens (tertiary/aromatic N) is 1. The van der Waals surface area contributed by atoms with Crippen LogP contribution >= 0.6 is 0 Å². The summed E-state index contributed by atoms with van der Waals surface area (Å²) in [5, 5.41) is 17.5. The van der Waals surface area contributed by atoms with Gasteiger partial charge in [-0.3, -0.25) is 9.69 Å². The fraction of sp³-hybridized carbons (Fsp3) is 0.900. The van der Waals surface area contributed by atoms with Crippen LogP contribution in [0, 0.1) is 0 Å². The van der Waals surface area contributed by atoms with Crippen LogP contribution in [0.15, 0.2) is 0 Å². The summed E-state index contributed by atoms with van der Waals surface area (Å²) < 4.78 is 0. The van der Waals surface area contributed by atoms with Gasteiger partial charge in [-0.05, 0) is 25.8 Å². The number of likely N-dealkylation sites (tertiary alicyclic amines) is 1. The minimum atomic E-state index is -0.717. The van der Waals surface area contributed by atoms with Crippen molar-refractivity contribution in [3.63, 3.8) is 0 Å². The fourth-order valence-electron chi connectivity index (χ4n) is 2.06. The van der Waals surface area contributed by atoms with E-state index in [1.807, 2.05) is 0 Å². The zero-order valence-corrected chi connectivity index (χ0v) is 8.48. The van der Waals surface area contributed by atoms with E-state index < -0.39 is 5.97 Å². The number of carboxylic acid groups (broad SMARTS) is 1. The van der Waals surface area contributed by atoms with Crippen molar-refractivity contribution in [1.29, 1.82) is 0 Å². The molecule has 0 amide bonds.